The van der Waals surface area contributed by atoms with Crippen LogP contribution in [0.1, 0.15) is 22.5 Å². The number of aromatic nitrogens is 3. The van der Waals surface area contributed by atoms with Gasteiger partial charge in [-0.1, -0.05) is 18.2 Å². The Hall–Kier alpha value is -2.37. The van der Waals surface area contributed by atoms with E-state index >= 15 is 0 Å². The standard InChI is InChI=1S/C15H12F3N3/c1-10-2-7-13-19-20-14(21(13)9-10)8-11-3-5-12(6-4-11)15(16,17)18/h2-7,9H,8H2,1H3. The van der Waals surface area contributed by atoms with Crippen LogP contribution in [-0.2, 0) is 12.6 Å². The van der Waals surface area contributed by atoms with Crippen LogP contribution in [0.3, 0.4) is 0 Å². The zero-order chi connectivity index (χ0) is 15.0. The smallest absolute Gasteiger partial charge is 0.286 e. The number of rotatable bonds is 2. The third-order valence-corrected chi connectivity index (χ3v) is 3.26. The predicted octanol–water partition coefficient (Wildman–Crippen LogP) is 3.65. The van der Waals surface area contributed by atoms with E-state index in [1.54, 1.807) is 0 Å². The highest BCUT2D eigenvalue weighted by atomic mass is 19.4. The van der Waals surface area contributed by atoms with E-state index in [2.05, 4.69) is 10.2 Å². The molecule has 0 amide bonds. The summed E-state index contributed by atoms with van der Waals surface area (Å²) in [7, 11) is 0. The topological polar surface area (TPSA) is 30.2 Å². The summed E-state index contributed by atoms with van der Waals surface area (Å²) in [5.74, 6) is 0.702. The van der Waals surface area contributed by atoms with Crippen molar-refractivity contribution < 1.29 is 13.2 Å². The average molecular weight is 291 g/mol. The first-order valence-corrected chi connectivity index (χ1v) is 6.40. The third kappa shape index (κ3) is 2.74. The molecule has 3 rings (SSSR count). The molecule has 0 aliphatic heterocycles. The van der Waals surface area contributed by atoms with Crippen LogP contribution in [0.25, 0.3) is 5.65 Å². The molecule has 21 heavy (non-hydrogen) atoms. The SMILES string of the molecule is Cc1ccc2nnc(Cc3ccc(C(F)(F)F)cc3)n2c1. The molecule has 6 heteroatoms. The van der Waals surface area contributed by atoms with Gasteiger partial charge in [0.2, 0.25) is 0 Å². The molecule has 3 nitrogen and oxygen atoms in total. The molecule has 3 aromatic rings. The van der Waals surface area contributed by atoms with Crippen molar-refractivity contribution in [2.24, 2.45) is 0 Å². The summed E-state index contributed by atoms with van der Waals surface area (Å²) in [6, 6.07) is 8.91. The fourth-order valence-electron chi connectivity index (χ4n) is 2.16. The minimum Gasteiger partial charge on any atom is -0.286 e. The number of fused-ring (bicyclic) bond motifs is 1. The largest absolute Gasteiger partial charge is 0.416 e. The van der Waals surface area contributed by atoms with E-state index in [0.717, 1.165) is 28.9 Å². The molecule has 1 aromatic carbocycles. The molecular formula is C15H12F3N3. The zero-order valence-electron chi connectivity index (χ0n) is 11.2. The van der Waals surface area contributed by atoms with E-state index in [9.17, 15) is 13.2 Å². The van der Waals surface area contributed by atoms with Gasteiger partial charge in [-0.2, -0.15) is 13.2 Å². The Kier molecular flexibility index (Phi) is 3.16. The molecule has 0 saturated heterocycles. The maximum atomic E-state index is 12.5. The summed E-state index contributed by atoms with van der Waals surface area (Å²) in [5.41, 5.74) is 1.91. The zero-order valence-corrected chi connectivity index (χ0v) is 11.2. The molecular weight excluding hydrogens is 279 g/mol. The molecule has 0 saturated carbocycles. The molecule has 0 N–H and O–H groups in total. The van der Waals surface area contributed by atoms with Gasteiger partial charge in [-0.15, -0.1) is 10.2 Å². The number of alkyl halides is 3. The van der Waals surface area contributed by atoms with Crippen molar-refractivity contribution in [3.05, 3.63) is 65.1 Å². The van der Waals surface area contributed by atoms with E-state index in [4.69, 9.17) is 0 Å². The van der Waals surface area contributed by atoms with Crippen molar-refractivity contribution in [3.63, 3.8) is 0 Å². The lowest BCUT2D eigenvalue weighted by Crippen LogP contribution is -2.05. The highest BCUT2D eigenvalue weighted by molar-refractivity contribution is 5.40. The first-order valence-electron chi connectivity index (χ1n) is 6.40. The van der Waals surface area contributed by atoms with Gasteiger partial charge in [-0.05, 0) is 36.2 Å². The number of benzene rings is 1. The highest BCUT2D eigenvalue weighted by Crippen LogP contribution is 2.29. The molecule has 0 fully saturated rings. The van der Waals surface area contributed by atoms with Crippen LogP contribution >= 0.6 is 0 Å². The number of nitrogens with zero attached hydrogens (tertiary/aromatic N) is 3. The summed E-state index contributed by atoms with van der Waals surface area (Å²) in [6.07, 6.45) is -1.96. The second kappa shape index (κ2) is 4.87. The Bertz CT molecular complexity index is 773. The van der Waals surface area contributed by atoms with Crippen LogP contribution in [0.5, 0.6) is 0 Å². The van der Waals surface area contributed by atoms with Gasteiger partial charge in [-0.3, -0.25) is 4.40 Å². The Balaban J connectivity index is 1.90. The van der Waals surface area contributed by atoms with E-state index in [-0.39, 0.29) is 0 Å². The molecule has 0 spiro atoms. The van der Waals surface area contributed by atoms with Gasteiger partial charge in [-0.25, -0.2) is 0 Å². The molecule has 0 aliphatic rings. The number of pyridine rings is 1. The van der Waals surface area contributed by atoms with Crippen molar-refractivity contribution in [1.82, 2.24) is 14.6 Å². The van der Waals surface area contributed by atoms with Crippen molar-refractivity contribution in [2.75, 3.05) is 0 Å². The number of hydrogen-bond donors (Lipinski definition) is 0. The first-order chi connectivity index (χ1) is 9.93. The van der Waals surface area contributed by atoms with Crippen molar-refractivity contribution >= 4 is 5.65 Å². The van der Waals surface area contributed by atoms with Crippen molar-refractivity contribution in [2.45, 2.75) is 19.5 Å². The highest BCUT2D eigenvalue weighted by Gasteiger charge is 2.29. The van der Waals surface area contributed by atoms with Crippen LogP contribution in [0, 0.1) is 6.92 Å². The van der Waals surface area contributed by atoms with Gasteiger partial charge in [0, 0.05) is 12.6 Å². The van der Waals surface area contributed by atoms with E-state index in [1.807, 2.05) is 29.7 Å². The van der Waals surface area contributed by atoms with Gasteiger partial charge >= 0.3 is 6.18 Å². The Morgan fingerprint density at radius 1 is 1.00 bits per heavy atom. The molecule has 0 bridgehead atoms. The minimum absolute atomic E-state index is 0.433. The van der Waals surface area contributed by atoms with Crippen LogP contribution in [0.15, 0.2) is 42.6 Å². The van der Waals surface area contributed by atoms with Crippen molar-refractivity contribution in [1.29, 1.82) is 0 Å². The lowest BCUT2D eigenvalue weighted by molar-refractivity contribution is -0.137. The number of hydrogen-bond acceptors (Lipinski definition) is 2. The molecule has 2 aromatic heterocycles. The molecule has 0 radical (unpaired) electrons. The molecule has 108 valence electrons. The fraction of sp³-hybridized carbons (Fsp3) is 0.200. The van der Waals surface area contributed by atoms with Gasteiger partial charge in [0.1, 0.15) is 5.82 Å². The van der Waals surface area contributed by atoms with Gasteiger partial charge in [0.05, 0.1) is 5.56 Å². The maximum Gasteiger partial charge on any atom is 0.416 e. The maximum absolute atomic E-state index is 12.5. The normalized spacial score (nSPS) is 12.0. The number of aryl methyl sites for hydroxylation is 1. The van der Waals surface area contributed by atoms with E-state index in [0.29, 0.717) is 12.2 Å². The lowest BCUT2D eigenvalue weighted by Gasteiger charge is -2.07. The second-order valence-corrected chi connectivity index (χ2v) is 4.92. The van der Waals surface area contributed by atoms with Crippen LogP contribution in [0.2, 0.25) is 0 Å². The molecule has 0 atom stereocenters. The fourth-order valence-corrected chi connectivity index (χ4v) is 2.16. The van der Waals surface area contributed by atoms with Gasteiger partial charge in [0.25, 0.3) is 0 Å². The average Bonchev–Trinajstić information content (AvgIpc) is 2.81. The van der Waals surface area contributed by atoms with E-state index in [1.165, 1.54) is 12.1 Å². The van der Waals surface area contributed by atoms with Crippen LogP contribution < -0.4 is 0 Å². The summed E-state index contributed by atoms with van der Waals surface area (Å²) in [6.45, 7) is 1.96. The Labute approximate surface area is 119 Å². The summed E-state index contributed by atoms with van der Waals surface area (Å²) >= 11 is 0. The molecule has 0 unspecified atom stereocenters. The Morgan fingerprint density at radius 2 is 1.71 bits per heavy atom. The minimum atomic E-state index is -4.31. The van der Waals surface area contributed by atoms with Crippen LogP contribution in [0.4, 0.5) is 13.2 Å². The molecule has 2 heterocycles. The van der Waals surface area contributed by atoms with Gasteiger partial charge < -0.3 is 0 Å². The summed E-state index contributed by atoms with van der Waals surface area (Å²) < 4.78 is 39.4. The molecule has 0 aliphatic carbocycles. The summed E-state index contributed by atoms with van der Waals surface area (Å²) in [5, 5.41) is 8.14. The van der Waals surface area contributed by atoms with Crippen molar-refractivity contribution in [3.8, 4) is 0 Å². The van der Waals surface area contributed by atoms with Gasteiger partial charge in [0.15, 0.2) is 5.65 Å². The number of halogens is 3. The second-order valence-electron chi connectivity index (χ2n) is 4.92. The Morgan fingerprint density at radius 3 is 2.38 bits per heavy atom. The van der Waals surface area contributed by atoms with E-state index < -0.39 is 11.7 Å². The quantitative estimate of drug-likeness (QED) is 0.721. The monoisotopic (exact) mass is 291 g/mol. The third-order valence-electron chi connectivity index (χ3n) is 3.26. The lowest BCUT2D eigenvalue weighted by atomic mass is 10.1. The predicted molar refractivity (Wildman–Crippen MR) is 72.0 cm³/mol. The summed E-state index contributed by atoms with van der Waals surface area (Å²) in [4.78, 5) is 0. The first kappa shape index (κ1) is 13.6. The van der Waals surface area contributed by atoms with Crippen LogP contribution in [-0.4, -0.2) is 14.6 Å².